The largest absolute Gasteiger partial charge is 0.497 e. The lowest BCUT2D eigenvalue weighted by molar-refractivity contribution is 0.102. The van der Waals surface area contributed by atoms with Crippen molar-refractivity contribution in [2.24, 2.45) is 0 Å². The molecule has 1 aliphatic heterocycles. The number of aryl methyl sites for hydroxylation is 1. The van der Waals surface area contributed by atoms with E-state index < -0.39 is 0 Å². The number of nitrogens with zero attached hydrogens (tertiary/aromatic N) is 2. The van der Waals surface area contributed by atoms with E-state index in [9.17, 15) is 4.79 Å². The van der Waals surface area contributed by atoms with Crippen LogP contribution in [0.25, 0.3) is 5.69 Å². The number of ether oxygens (including phenoxy) is 2. The van der Waals surface area contributed by atoms with Crippen molar-refractivity contribution in [3.05, 3.63) is 64.4 Å². The first-order valence-electron chi connectivity index (χ1n) is 10.6. The summed E-state index contributed by atoms with van der Waals surface area (Å²) in [5.41, 5.74) is 3.88. The third-order valence-electron chi connectivity index (χ3n) is 5.79. The van der Waals surface area contributed by atoms with E-state index in [-0.39, 0.29) is 24.2 Å². The van der Waals surface area contributed by atoms with Gasteiger partial charge < -0.3 is 20.1 Å². The number of aromatic nitrogens is 2. The Morgan fingerprint density at radius 2 is 1.79 bits per heavy atom. The van der Waals surface area contributed by atoms with Crippen LogP contribution in [-0.2, 0) is 0 Å². The number of piperidine rings is 1. The van der Waals surface area contributed by atoms with Crippen LogP contribution < -0.4 is 20.1 Å². The molecule has 0 aliphatic carbocycles. The van der Waals surface area contributed by atoms with E-state index in [1.54, 1.807) is 38.6 Å². The minimum atomic E-state index is -0.224. The molecule has 0 saturated carbocycles. The SMILES string of the molecule is COc1cc(NC(=O)c2cnn(-c3ccc(C)c(Cl)c3)c2C2CCNCC2)cc(OC)c1.Cl. The number of carbonyl (C=O) groups is 1. The first-order valence-corrected chi connectivity index (χ1v) is 11.0. The van der Waals surface area contributed by atoms with Crippen molar-refractivity contribution in [2.45, 2.75) is 25.7 Å². The normalized spacial score (nSPS) is 13.8. The maximum atomic E-state index is 13.4. The highest BCUT2D eigenvalue weighted by Crippen LogP contribution is 2.32. The summed E-state index contributed by atoms with van der Waals surface area (Å²) < 4.78 is 12.5. The summed E-state index contributed by atoms with van der Waals surface area (Å²) in [4.78, 5) is 13.4. The molecule has 1 fully saturated rings. The van der Waals surface area contributed by atoms with Crippen LogP contribution in [0, 0.1) is 6.92 Å². The number of nitrogens with one attached hydrogen (secondary N) is 2. The smallest absolute Gasteiger partial charge is 0.259 e. The molecule has 0 unspecified atom stereocenters. The maximum Gasteiger partial charge on any atom is 0.259 e. The van der Waals surface area contributed by atoms with Crippen molar-refractivity contribution in [1.82, 2.24) is 15.1 Å². The van der Waals surface area contributed by atoms with Gasteiger partial charge in [0.05, 0.1) is 37.4 Å². The second kappa shape index (κ2) is 10.9. The third-order valence-corrected chi connectivity index (χ3v) is 6.19. The summed E-state index contributed by atoms with van der Waals surface area (Å²) in [5, 5.41) is 11.6. The average Bonchev–Trinajstić information content (AvgIpc) is 3.26. The molecule has 1 aliphatic rings. The number of carbonyl (C=O) groups excluding carboxylic acids is 1. The molecule has 2 N–H and O–H groups in total. The van der Waals surface area contributed by atoms with Crippen LogP contribution in [0.5, 0.6) is 11.5 Å². The number of amides is 1. The summed E-state index contributed by atoms with van der Waals surface area (Å²) in [5.74, 6) is 1.18. The van der Waals surface area contributed by atoms with Crippen LogP contribution in [0.3, 0.4) is 0 Å². The summed E-state index contributed by atoms with van der Waals surface area (Å²) >= 11 is 6.38. The first kappa shape index (κ1) is 24.9. The van der Waals surface area contributed by atoms with Crippen LogP contribution in [-0.4, -0.2) is 43.0 Å². The van der Waals surface area contributed by atoms with Gasteiger partial charge in [-0.15, -0.1) is 12.4 Å². The molecule has 1 aromatic heterocycles. The zero-order valence-corrected chi connectivity index (χ0v) is 20.4. The fourth-order valence-corrected chi connectivity index (χ4v) is 4.19. The van der Waals surface area contributed by atoms with Gasteiger partial charge in [-0.1, -0.05) is 17.7 Å². The Morgan fingerprint density at radius 1 is 1.12 bits per heavy atom. The summed E-state index contributed by atoms with van der Waals surface area (Å²) in [6.07, 6.45) is 3.50. The lowest BCUT2D eigenvalue weighted by Gasteiger charge is -2.25. The second-order valence-electron chi connectivity index (χ2n) is 7.87. The van der Waals surface area contributed by atoms with Crippen molar-refractivity contribution in [3.8, 4) is 17.2 Å². The van der Waals surface area contributed by atoms with E-state index in [0.717, 1.165) is 42.9 Å². The number of benzene rings is 2. The third kappa shape index (κ3) is 5.43. The van der Waals surface area contributed by atoms with Crippen LogP contribution in [0.15, 0.2) is 42.6 Å². The molecule has 1 amide bonds. The van der Waals surface area contributed by atoms with E-state index >= 15 is 0 Å². The Bertz CT molecular complexity index is 1100. The summed E-state index contributed by atoms with van der Waals surface area (Å²) in [6, 6.07) is 11.1. The van der Waals surface area contributed by atoms with Gasteiger partial charge in [0, 0.05) is 34.8 Å². The van der Waals surface area contributed by atoms with E-state index in [0.29, 0.717) is 27.8 Å². The molecular formula is C24H28Cl2N4O3. The molecule has 176 valence electrons. The van der Waals surface area contributed by atoms with E-state index in [1.165, 1.54) is 0 Å². The van der Waals surface area contributed by atoms with Crippen LogP contribution in [0.4, 0.5) is 5.69 Å². The molecule has 33 heavy (non-hydrogen) atoms. The van der Waals surface area contributed by atoms with Gasteiger partial charge in [0.1, 0.15) is 11.5 Å². The first-order chi connectivity index (χ1) is 15.5. The van der Waals surface area contributed by atoms with E-state index in [4.69, 9.17) is 21.1 Å². The van der Waals surface area contributed by atoms with Crippen molar-refractivity contribution in [1.29, 1.82) is 0 Å². The fraction of sp³-hybridized carbons (Fsp3) is 0.333. The topological polar surface area (TPSA) is 77.4 Å². The molecule has 0 atom stereocenters. The molecule has 0 bridgehead atoms. The Kier molecular flexibility index (Phi) is 8.24. The monoisotopic (exact) mass is 490 g/mol. The minimum Gasteiger partial charge on any atom is -0.497 e. The molecule has 4 rings (SSSR count). The minimum absolute atomic E-state index is 0. The van der Waals surface area contributed by atoms with Crippen molar-refractivity contribution < 1.29 is 14.3 Å². The Balaban J connectivity index is 0.00000306. The number of anilines is 1. The van der Waals surface area contributed by atoms with Gasteiger partial charge in [0.25, 0.3) is 5.91 Å². The van der Waals surface area contributed by atoms with Gasteiger partial charge in [-0.25, -0.2) is 4.68 Å². The molecule has 1 saturated heterocycles. The molecule has 2 aromatic carbocycles. The summed E-state index contributed by atoms with van der Waals surface area (Å²) in [6.45, 7) is 3.77. The number of halogens is 2. The average molecular weight is 491 g/mol. The Hall–Kier alpha value is -2.74. The lowest BCUT2D eigenvalue weighted by atomic mass is 9.91. The molecule has 0 spiro atoms. The zero-order valence-electron chi connectivity index (χ0n) is 18.9. The van der Waals surface area contributed by atoms with Crippen LogP contribution in [0.1, 0.15) is 40.4 Å². The van der Waals surface area contributed by atoms with Crippen LogP contribution in [0.2, 0.25) is 5.02 Å². The van der Waals surface area contributed by atoms with E-state index in [2.05, 4.69) is 15.7 Å². The molecule has 7 nitrogen and oxygen atoms in total. The molecule has 0 radical (unpaired) electrons. The maximum absolute atomic E-state index is 13.4. The predicted molar refractivity (Wildman–Crippen MR) is 133 cm³/mol. The molecule has 2 heterocycles. The number of rotatable bonds is 6. The van der Waals surface area contributed by atoms with Crippen molar-refractivity contribution in [3.63, 3.8) is 0 Å². The highest BCUT2D eigenvalue weighted by atomic mass is 35.5. The van der Waals surface area contributed by atoms with Gasteiger partial charge in [-0.2, -0.15) is 5.10 Å². The molecule has 9 heteroatoms. The Morgan fingerprint density at radius 3 is 2.39 bits per heavy atom. The zero-order chi connectivity index (χ0) is 22.7. The molecular weight excluding hydrogens is 463 g/mol. The van der Waals surface area contributed by atoms with Gasteiger partial charge in [-0.05, 0) is 50.6 Å². The number of hydrogen-bond donors (Lipinski definition) is 2. The van der Waals surface area contributed by atoms with Gasteiger partial charge in [0.2, 0.25) is 0 Å². The quantitative estimate of drug-likeness (QED) is 0.508. The molecule has 3 aromatic rings. The summed E-state index contributed by atoms with van der Waals surface area (Å²) in [7, 11) is 3.15. The van der Waals surface area contributed by atoms with Crippen molar-refractivity contribution in [2.75, 3.05) is 32.6 Å². The van der Waals surface area contributed by atoms with Gasteiger partial charge >= 0.3 is 0 Å². The van der Waals surface area contributed by atoms with Gasteiger partial charge in [-0.3, -0.25) is 4.79 Å². The fourth-order valence-electron chi connectivity index (χ4n) is 4.02. The van der Waals surface area contributed by atoms with E-state index in [1.807, 2.05) is 29.8 Å². The number of methoxy groups -OCH3 is 2. The lowest BCUT2D eigenvalue weighted by Crippen LogP contribution is -2.29. The Labute approximate surface area is 204 Å². The standard InChI is InChI=1S/C24H27ClN4O3.ClH/c1-15-4-5-18(12-22(15)25)29-23(16-6-8-26-9-7-16)21(14-27-29)24(30)28-17-10-19(31-2)13-20(11-17)32-3;/h4-5,10-14,16,26H,6-9H2,1-3H3,(H,28,30);1H. The highest BCUT2D eigenvalue weighted by Gasteiger charge is 2.27. The van der Waals surface area contributed by atoms with Crippen LogP contribution >= 0.6 is 24.0 Å². The second-order valence-corrected chi connectivity index (χ2v) is 8.28. The predicted octanol–water partition coefficient (Wildman–Crippen LogP) is 4.99. The number of hydrogen-bond acceptors (Lipinski definition) is 5. The van der Waals surface area contributed by atoms with Crippen molar-refractivity contribution >= 4 is 35.6 Å². The highest BCUT2D eigenvalue weighted by molar-refractivity contribution is 6.31. The van der Waals surface area contributed by atoms with Gasteiger partial charge in [0.15, 0.2) is 0 Å².